The van der Waals surface area contributed by atoms with E-state index >= 15 is 0 Å². The molecule has 0 rings (SSSR count). The van der Waals surface area contributed by atoms with Crippen molar-refractivity contribution in [1.29, 1.82) is 0 Å². The van der Waals surface area contributed by atoms with E-state index in [1.54, 1.807) is 0 Å². The molecule has 0 heterocycles. The highest BCUT2D eigenvalue weighted by Gasteiger charge is 2.74. The van der Waals surface area contributed by atoms with Crippen LogP contribution in [-0.2, 0) is 0 Å². The number of alkyl halides is 8. The van der Waals surface area contributed by atoms with E-state index in [1.165, 1.54) is 22.6 Å². The Hall–Kier alpha value is 0.240. The highest BCUT2D eigenvalue weighted by molar-refractivity contribution is 14.1. The van der Waals surface area contributed by atoms with Crippen molar-refractivity contribution in [2.24, 2.45) is 5.92 Å². The van der Waals surface area contributed by atoms with E-state index in [2.05, 4.69) is 0 Å². The lowest BCUT2D eigenvalue weighted by Gasteiger charge is -2.33. The van der Waals surface area contributed by atoms with Crippen LogP contribution in [-0.4, -0.2) is 21.9 Å². The summed E-state index contributed by atoms with van der Waals surface area (Å²) in [6.45, 7) is 1.81. The van der Waals surface area contributed by atoms with Crippen LogP contribution in [0.3, 0.4) is 0 Å². The molecule has 0 bridgehead atoms. The van der Waals surface area contributed by atoms with Crippen molar-refractivity contribution < 1.29 is 30.7 Å². The molecule has 0 amide bonds. The molecule has 0 aliphatic heterocycles. The van der Waals surface area contributed by atoms with Crippen molar-refractivity contribution in [1.82, 2.24) is 0 Å². The molecule has 0 spiro atoms. The van der Waals surface area contributed by atoms with Gasteiger partial charge in [0.1, 0.15) is 0 Å². The van der Waals surface area contributed by atoms with Gasteiger partial charge in [-0.25, -0.2) is 0 Å². The fourth-order valence-corrected chi connectivity index (χ4v) is 1.21. The van der Waals surface area contributed by atoms with Gasteiger partial charge in [0.15, 0.2) is 0 Å². The topological polar surface area (TPSA) is 0 Å². The van der Waals surface area contributed by atoms with Gasteiger partial charge in [0.05, 0.1) is 0 Å². The largest absolute Gasteiger partial charge is 0.459 e. The van der Waals surface area contributed by atoms with E-state index in [0.717, 1.165) is 6.92 Å². The second-order valence-corrected chi connectivity index (χ2v) is 5.13. The third kappa shape index (κ3) is 2.68. The summed E-state index contributed by atoms with van der Waals surface area (Å²) in [5.74, 6) is -13.2. The van der Waals surface area contributed by atoms with Crippen LogP contribution >= 0.6 is 22.6 Å². The maximum absolute atomic E-state index is 12.9. The molecule has 0 saturated carbocycles. The summed E-state index contributed by atoms with van der Waals surface area (Å²) >= 11 is 1.38. The molecule has 0 aromatic rings. The maximum atomic E-state index is 12.9. The fraction of sp³-hybridized carbons (Fsp3) is 1.00. The summed E-state index contributed by atoms with van der Waals surface area (Å²) in [6.07, 6.45) is -6.24. The quantitative estimate of drug-likeness (QED) is 0.404. The SMILES string of the molecule is CC(I)C(C)C(F)(F)C(F)(F)C(F)(F)F. The smallest absolute Gasteiger partial charge is 0.199 e. The van der Waals surface area contributed by atoms with Gasteiger partial charge in [-0.2, -0.15) is 30.7 Å². The first kappa shape index (κ1) is 15.2. The number of rotatable bonds is 3. The molecule has 0 saturated heterocycles. The normalized spacial score (nSPS) is 18.8. The average Bonchev–Trinajstić information content (AvgIpc) is 2.00. The molecular formula is C7H8F7I. The minimum absolute atomic E-state index is 0.663. The Balaban J connectivity index is 5.19. The lowest BCUT2D eigenvalue weighted by Crippen LogP contribution is -2.56. The Morgan fingerprint density at radius 2 is 1.20 bits per heavy atom. The predicted molar refractivity (Wildman–Crippen MR) is 48.6 cm³/mol. The van der Waals surface area contributed by atoms with Crippen LogP contribution in [0.5, 0.6) is 0 Å². The zero-order valence-electron chi connectivity index (χ0n) is 7.68. The van der Waals surface area contributed by atoms with Crippen LogP contribution in [0.15, 0.2) is 0 Å². The Morgan fingerprint density at radius 3 is 1.40 bits per heavy atom. The van der Waals surface area contributed by atoms with Gasteiger partial charge < -0.3 is 0 Å². The van der Waals surface area contributed by atoms with E-state index in [-0.39, 0.29) is 0 Å². The highest BCUT2D eigenvalue weighted by atomic mass is 127. The van der Waals surface area contributed by atoms with Crippen molar-refractivity contribution in [3.05, 3.63) is 0 Å². The third-order valence-corrected chi connectivity index (χ3v) is 3.11. The van der Waals surface area contributed by atoms with Gasteiger partial charge in [-0.1, -0.05) is 36.4 Å². The van der Waals surface area contributed by atoms with E-state index < -0.39 is 27.9 Å². The number of halogens is 8. The van der Waals surface area contributed by atoms with E-state index in [9.17, 15) is 30.7 Å². The minimum atomic E-state index is -6.24. The molecule has 92 valence electrons. The molecule has 2 atom stereocenters. The monoisotopic (exact) mass is 352 g/mol. The van der Waals surface area contributed by atoms with E-state index in [1.807, 2.05) is 0 Å². The van der Waals surface area contributed by atoms with Crippen molar-refractivity contribution >= 4 is 22.6 Å². The Labute approximate surface area is 95.3 Å². The molecule has 0 aliphatic carbocycles. The molecule has 0 aromatic carbocycles. The molecule has 0 N–H and O–H groups in total. The zero-order valence-corrected chi connectivity index (χ0v) is 9.84. The molecule has 0 aliphatic rings. The van der Waals surface area contributed by atoms with Crippen molar-refractivity contribution in [2.45, 2.75) is 35.8 Å². The van der Waals surface area contributed by atoms with Crippen LogP contribution in [0, 0.1) is 5.92 Å². The van der Waals surface area contributed by atoms with Gasteiger partial charge in [0.2, 0.25) is 0 Å². The average molecular weight is 352 g/mol. The van der Waals surface area contributed by atoms with Crippen molar-refractivity contribution in [3.63, 3.8) is 0 Å². The minimum Gasteiger partial charge on any atom is -0.199 e. The van der Waals surface area contributed by atoms with Crippen molar-refractivity contribution in [2.75, 3.05) is 0 Å². The molecule has 15 heavy (non-hydrogen) atoms. The molecular weight excluding hydrogens is 344 g/mol. The first-order valence-corrected chi connectivity index (χ1v) is 5.06. The summed E-state index contributed by atoms with van der Waals surface area (Å²) in [5.41, 5.74) is 0. The first-order chi connectivity index (χ1) is 6.35. The second-order valence-electron chi connectivity index (χ2n) is 3.16. The Morgan fingerprint density at radius 1 is 0.867 bits per heavy atom. The fourth-order valence-electron chi connectivity index (χ4n) is 0.763. The standard InChI is InChI=1S/C7H8F7I/c1-3(4(2)15)5(8,9)6(10,11)7(12,13)14/h3-4H,1-2H3. The summed E-state index contributed by atoms with van der Waals surface area (Å²) < 4.78 is 84.8. The summed E-state index contributed by atoms with van der Waals surface area (Å²) in [5, 5.41) is 0. The summed E-state index contributed by atoms with van der Waals surface area (Å²) in [6, 6.07) is 0. The van der Waals surface area contributed by atoms with Crippen LogP contribution in [0.1, 0.15) is 13.8 Å². The lowest BCUT2D eigenvalue weighted by molar-refractivity contribution is -0.364. The van der Waals surface area contributed by atoms with Gasteiger partial charge >= 0.3 is 18.0 Å². The van der Waals surface area contributed by atoms with E-state index in [4.69, 9.17) is 0 Å². The van der Waals surface area contributed by atoms with E-state index in [0.29, 0.717) is 6.92 Å². The molecule has 0 radical (unpaired) electrons. The van der Waals surface area contributed by atoms with Gasteiger partial charge in [0.25, 0.3) is 0 Å². The molecule has 0 nitrogen and oxygen atoms in total. The molecule has 8 heteroatoms. The number of hydrogen-bond donors (Lipinski definition) is 0. The lowest BCUT2D eigenvalue weighted by atomic mass is 9.95. The molecule has 2 unspecified atom stereocenters. The summed E-state index contributed by atoms with van der Waals surface area (Å²) in [7, 11) is 0. The van der Waals surface area contributed by atoms with Crippen LogP contribution in [0.4, 0.5) is 30.7 Å². The molecule has 0 fully saturated rings. The highest BCUT2D eigenvalue weighted by Crippen LogP contribution is 2.51. The van der Waals surface area contributed by atoms with Crippen LogP contribution in [0.25, 0.3) is 0 Å². The van der Waals surface area contributed by atoms with Gasteiger partial charge in [-0.15, -0.1) is 0 Å². The predicted octanol–water partition coefficient (Wildman–Crippen LogP) is 4.28. The third-order valence-electron chi connectivity index (χ3n) is 2.04. The van der Waals surface area contributed by atoms with Gasteiger partial charge in [-0.05, 0) is 0 Å². The first-order valence-electron chi connectivity index (χ1n) is 3.82. The van der Waals surface area contributed by atoms with Gasteiger partial charge in [0, 0.05) is 9.84 Å². The molecule has 0 aromatic heterocycles. The zero-order chi connectivity index (χ0) is 12.7. The maximum Gasteiger partial charge on any atom is 0.459 e. The Bertz CT molecular complexity index is 220. The summed E-state index contributed by atoms with van der Waals surface area (Å²) in [4.78, 5) is 0. The van der Waals surface area contributed by atoms with Crippen LogP contribution < -0.4 is 0 Å². The Kier molecular flexibility index (Phi) is 4.32. The second kappa shape index (κ2) is 4.25. The number of hydrogen-bond acceptors (Lipinski definition) is 0. The van der Waals surface area contributed by atoms with Crippen molar-refractivity contribution in [3.8, 4) is 0 Å². The van der Waals surface area contributed by atoms with Gasteiger partial charge in [-0.3, -0.25) is 0 Å². The van der Waals surface area contributed by atoms with Crippen LogP contribution in [0.2, 0.25) is 0 Å².